The zero-order valence-electron chi connectivity index (χ0n) is 15.4. The molecule has 4 rings (SSSR count). The molecule has 1 saturated heterocycles. The molecule has 3 fully saturated rings. The average molecular weight is 329 g/mol. The van der Waals surface area contributed by atoms with Crippen LogP contribution in [0.15, 0.2) is 18.2 Å². The lowest BCUT2D eigenvalue weighted by Crippen LogP contribution is -2.49. The van der Waals surface area contributed by atoms with Crippen LogP contribution >= 0.6 is 0 Å². The molecular formula is C21H31NO2. The van der Waals surface area contributed by atoms with Crippen molar-refractivity contribution in [2.24, 2.45) is 5.41 Å². The second-order valence-electron chi connectivity index (χ2n) is 8.38. The lowest BCUT2D eigenvalue weighted by atomic mass is 9.58. The number of hydrogen-bond acceptors (Lipinski definition) is 3. The summed E-state index contributed by atoms with van der Waals surface area (Å²) < 4.78 is 11.0. The molecule has 0 aromatic heterocycles. The highest BCUT2D eigenvalue weighted by Gasteiger charge is 2.54. The zero-order chi connectivity index (χ0) is 16.8. The topological polar surface area (TPSA) is 21.7 Å². The summed E-state index contributed by atoms with van der Waals surface area (Å²) in [7, 11) is 5.79. The molecule has 2 saturated carbocycles. The molecule has 2 aliphatic carbocycles. The van der Waals surface area contributed by atoms with Crippen LogP contribution in [0.1, 0.15) is 56.9 Å². The van der Waals surface area contributed by atoms with Crippen molar-refractivity contribution >= 4 is 0 Å². The number of hydrogen-bond donors (Lipinski definition) is 0. The van der Waals surface area contributed by atoms with Crippen LogP contribution in [0.2, 0.25) is 0 Å². The van der Waals surface area contributed by atoms with E-state index in [1.807, 2.05) is 0 Å². The molecule has 0 N–H and O–H groups in total. The number of benzene rings is 1. The maximum atomic E-state index is 5.59. The van der Waals surface area contributed by atoms with E-state index in [0.29, 0.717) is 16.9 Å². The Morgan fingerprint density at radius 3 is 2.42 bits per heavy atom. The number of rotatable bonds is 3. The number of likely N-dealkylation sites (tertiary alicyclic amines) is 1. The SMILES string of the molecule is COc1ccc(C23CCN(C)C2CC2(CCCC2)CC3)cc1OC. The molecule has 2 unspecified atom stereocenters. The van der Waals surface area contributed by atoms with Crippen molar-refractivity contribution in [1.29, 1.82) is 0 Å². The summed E-state index contributed by atoms with van der Waals surface area (Å²) in [4.78, 5) is 2.63. The molecule has 1 aromatic rings. The van der Waals surface area contributed by atoms with E-state index >= 15 is 0 Å². The molecule has 2 atom stereocenters. The maximum Gasteiger partial charge on any atom is 0.161 e. The monoisotopic (exact) mass is 329 g/mol. The summed E-state index contributed by atoms with van der Waals surface area (Å²) in [6.07, 6.45) is 11.2. The molecule has 0 amide bonds. The summed E-state index contributed by atoms with van der Waals surface area (Å²) in [5.41, 5.74) is 2.41. The van der Waals surface area contributed by atoms with Crippen molar-refractivity contribution in [3.63, 3.8) is 0 Å². The smallest absolute Gasteiger partial charge is 0.161 e. The average Bonchev–Trinajstić information content (AvgIpc) is 3.21. The summed E-state index contributed by atoms with van der Waals surface area (Å²) in [5, 5.41) is 0. The molecule has 1 aliphatic heterocycles. The first-order chi connectivity index (χ1) is 11.6. The summed E-state index contributed by atoms with van der Waals surface area (Å²) >= 11 is 0. The van der Waals surface area contributed by atoms with Crippen LogP contribution in [-0.4, -0.2) is 38.8 Å². The minimum atomic E-state index is 0.308. The standard InChI is InChI=1S/C21H31NO2/c1-22-13-12-21(16-6-7-17(23-2)18(14-16)24-3)11-10-20(15-19(21)22)8-4-5-9-20/h6-7,14,19H,4-5,8-13,15H2,1-3H3. The van der Waals surface area contributed by atoms with Crippen LogP contribution in [0.5, 0.6) is 11.5 Å². The van der Waals surface area contributed by atoms with Crippen LogP contribution in [0.4, 0.5) is 0 Å². The Hall–Kier alpha value is -1.22. The van der Waals surface area contributed by atoms with Gasteiger partial charge in [0.25, 0.3) is 0 Å². The van der Waals surface area contributed by atoms with Gasteiger partial charge in [-0.05, 0) is 75.2 Å². The van der Waals surface area contributed by atoms with Gasteiger partial charge >= 0.3 is 0 Å². The fourth-order valence-electron chi connectivity index (χ4n) is 5.97. The predicted octanol–water partition coefficient (Wildman–Crippen LogP) is 4.39. The Labute approximate surface area is 146 Å². The lowest BCUT2D eigenvalue weighted by molar-refractivity contribution is 0.0727. The highest BCUT2D eigenvalue weighted by atomic mass is 16.5. The van der Waals surface area contributed by atoms with E-state index < -0.39 is 0 Å². The molecular weight excluding hydrogens is 298 g/mol. The molecule has 132 valence electrons. The molecule has 0 radical (unpaired) electrons. The van der Waals surface area contributed by atoms with Gasteiger partial charge in [-0.2, -0.15) is 0 Å². The van der Waals surface area contributed by atoms with Gasteiger partial charge in [-0.1, -0.05) is 18.9 Å². The van der Waals surface area contributed by atoms with Gasteiger partial charge < -0.3 is 14.4 Å². The highest BCUT2D eigenvalue weighted by molar-refractivity contribution is 5.46. The normalized spacial score (nSPS) is 32.0. The van der Waals surface area contributed by atoms with Crippen LogP contribution in [0.3, 0.4) is 0 Å². The predicted molar refractivity (Wildman–Crippen MR) is 97.0 cm³/mol. The Morgan fingerprint density at radius 1 is 0.958 bits per heavy atom. The van der Waals surface area contributed by atoms with E-state index in [1.54, 1.807) is 14.2 Å². The van der Waals surface area contributed by atoms with Crippen molar-refractivity contribution in [3.8, 4) is 11.5 Å². The number of ether oxygens (including phenoxy) is 2. The molecule has 3 heteroatoms. The number of methoxy groups -OCH3 is 2. The van der Waals surface area contributed by atoms with E-state index in [1.165, 1.54) is 63.5 Å². The third-order valence-corrected chi connectivity index (χ3v) is 7.43. The van der Waals surface area contributed by atoms with Crippen LogP contribution < -0.4 is 9.47 Å². The second-order valence-corrected chi connectivity index (χ2v) is 8.38. The summed E-state index contributed by atoms with van der Waals surface area (Å²) in [6, 6.07) is 7.32. The van der Waals surface area contributed by atoms with E-state index in [0.717, 1.165) is 11.5 Å². The van der Waals surface area contributed by atoms with Gasteiger partial charge in [0.1, 0.15) is 0 Å². The quantitative estimate of drug-likeness (QED) is 0.821. The Bertz CT molecular complexity index is 608. The van der Waals surface area contributed by atoms with Crippen LogP contribution in [0, 0.1) is 5.41 Å². The number of nitrogens with zero attached hydrogens (tertiary/aromatic N) is 1. The van der Waals surface area contributed by atoms with Crippen molar-refractivity contribution in [3.05, 3.63) is 23.8 Å². The Kier molecular flexibility index (Phi) is 4.03. The van der Waals surface area contributed by atoms with E-state index in [2.05, 4.69) is 30.1 Å². The summed E-state index contributed by atoms with van der Waals surface area (Å²) in [5.74, 6) is 1.71. The first kappa shape index (κ1) is 16.3. The largest absolute Gasteiger partial charge is 0.493 e. The zero-order valence-corrected chi connectivity index (χ0v) is 15.4. The Balaban J connectivity index is 1.70. The molecule has 24 heavy (non-hydrogen) atoms. The molecule has 3 aliphatic rings. The van der Waals surface area contributed by atoms with Gasteiger partial charge in [-0.15, -0.1) is 0 Å². The number of fused-ring (bicyclic) bond motifs is 1. The fraction of sp³-hybridized carbons (Fsp3) is 0.714. The lowest BCUT2D eigenvalue weighted by Gasteiger charge is -2.49. The number of likely N-dealkylation sites (N-methyl/N-ethyl adjacent to an activating group) is 1. The van der Waals surface area contributed by atoms with E-state index in [-0.39, 0.29) is 0 Å². The Morgan fingerprint density at radius 2 is 1.71 bits per heavy atom. The molecule has 1 spiro atoms. The van der Waals surface area contributed by atoms with Crippen molar-refractivity contribution < 1.29 is 9.47 Å². The van der Waals surface area contributed by atoms with E-state index in [4.69, 9.17) is 9.47 Å². The third kappa shape index (κ3) is 2.35. The van der Waals surface area contributed by atoms with Gasteiger partial charge in [0, 0.05) is 11.5 Å². The fourth-order valence-corrected chi connectivity index (χ4v) is 5.97. The van der Waals surface area contributed by atoms with Gasteiger partial charge in [0.15, 0.2) is 11.5 Å². The van der Waals surface area contributed by atoms with Crippen LogP contribution in [0.25, 0.3) is 0 Å². The van der Waals surface area contributed by atoms with Gasteiger partial charge in [-0.3, -0.25) is 0 Å². The molecule has 1 aromatic carbocycles. The highest BCUT2D eigenvalue weighted by Crippen LogP contribution is 2.58. The van der Waals surface area contributed by atoms with Crippen molar-refractivity contribution in [2.75, 3.05) is 27.8 Å². The minimum Gasteiger partial charge on any atom is -0.493 e. The summed E-state index contributed by atoms with van der Waals surface area (Å²) in [6.45, 7) is 1.22. The van der Waals surface area contributed by atoms with Crippen molar-refractivity contribution in [1.82, 2.24) is 4.90 Å². The van der Waals surface area contributed by atoms with Crippen molar-refractivity contribution in [2.45, 2.75) is 62.8 Å². The van der Waals surface area contributed by atoms with Gasteiger partial charge in [0.05, 0.1) is 14.2 Å². The first-order valence-corrected chi connectivity index (χ1v) is 9.55. The van der Waals surface area contributed by atoms with Crippen LogP contribution in [-0.2, 0) is 5.41 Å². The van der Waals surface area contributed by atoms with Gasteiger partial charge in [-0.25, -0.2) is 0 Å². The van der Waals surface area contributed by atoms with E-state index in [9.17, 15) is 0 Å². The molecule has 1 heterocycles. The first-order valence-electron chi connectivity index (χ1n) is 9.55. The minimum absolute atomic E-state index is 0.308. The van der Waals surface area contributed by atoms with Gasteiger partial charge in [0.2, 0.25) is 0 Å². The third-order valence-electron chi connectivity index (χ3n) is 7.43. The second kappa shape index (κ2) is 5.94. The maximum absolute atomic E-state index is 5.59. The molecule has 0 bridgehead atoms. The molecule has 3 nitrogen and oxygen atoms in total.